The largest absolute Gasteiger partial charge is 0.497 e. The van der Waals surface area contributed by atoms with Gasteiger partial charge in [-0.15, -0.1) is 0 Å². The number of thiocarbonyl (C=S) groups is 1. The molecule has 0 radical (unpaired) electrons. The van der Waals surface area contributed by atoms with E-state index in [0.717, 1.165) is 13.2 Å². The van der Waals surface area contributed by atoms with Crippen LogP contribution < -0.4 is 26.2 Å². The van der Waals surface area contributed by atoms with Crippen LogP contribution in [-0.4, -0.2) is 44.3 Å². The number of amides is 1. The van der Waals surface area contributed by atoms with Crippen molar-refractivity contribution in [2.75, 3.05) is 32.0 Å². The van der Waals surface area contributed by atoms with Gasteiger partial charge in [0, 0.05) is 5.69 Å². The molecule has 0 unspecified atom stereocenters. The normalized spacial score (nSPS) is 10.4. The molecule has 0 atom stereocenters. The van der Waals surface area contributed by atoms with Crippen molar-refractivity contribution < 1.29 is 28.6 Å². The van der Waals surface area contributed by atoms with Crippen LogP contribution in [-0.2, 0) is 19.1 Å². The third-order valence-electron chi connectivity index (χ3n) is 3.95. The first-order valence-corrected chi connectivity index (χ1v) is 9.54. The highest BCUT2D eigenvalue weighted by atomic mass is 32.1. The predicted octanol–water partition coefficient (Wildman–Crippen LogP) is 1.97. The van der Waals surface area contributed by atoms with Gasteiger partial charge in [-0.25, -0.2) is 9.59 Å². The van der Waals surface area contributed by atoms with Crippen molar-refractivity contribution >= 4 is 46.6 Å². The molecule has 0 heterocycles. The molecule has 32 heavy (non-hydrogen) atoms. The topological polar surface area (TPSA) is 127 Å². The molecule has 0 fully saturated rings. The van der Waals surface area contributed by atoms with E-state index in [-0.39, 0.29) is 22.1 Å². The molecule has 0 aliphatic carbocycles. The van der Waals surface area contributed by atoms with E-state index in [9.17, 15) is 14.4 Å². The number of hydrogen-bond donors (Lipinski definition) is 4. The minimum atomic E-state index is -0.811. The molecule has 2 rings (SSSR count). The Morgan fingerprint density at radius 2 is 1.56 bits per heavy atom. The maximum absolute atomic E-state index is 12.7. The summed E-state index contributed by atoms with van der Waals surface area (Å²) in [6, 6.07) is 13.4. The number of rotatable bonds is 7. The average molecular weight is 458 g/mol. The van der Waals surface area contributed by atoms with Gasteiger partial charge in [-0.05, 0) is 48.6 Å². The zero-order chi connectivity index (χ0) is 23.5. The fourth-order valence-corrected chi connectivity index (χ4v) is 2.55. The van der Waals surface area contributed by atoms with Crippen molar-refractivity contribution in [3.63, 3.8) is 0 Å². The minimum Gasteiger partial charge on any atom is -0.497 e. The van der Waals surface area contributed by atoms with E-state index in [4.69, 9.17) is 17.0 Å². The van der Waals surface area contributed by atoms with E-state index in [2.05, 4.69) is 31.0 Å². The lowest BCUT2D eigenvalue weighted by atomic mass is 10.1. The summed E-state index contributed by atoms with van der Waals surface area (Å²) in [5, 5.41) is 5.78. The molecule has 10 nitrogen and oxygen atoms in total. The Balaban J connectivity index is 2.07. The molecular weight excluding hydrogens is 436 g/mol. The summed E-state index contributed by atoms with van der Waals surface area (Å²) in [5.74, 6) is -1.43. The fourth-order valence-electron chi connectivity index (χ4n) is 2.39. The summed E-state index contributed by atoms with van der Waals surface area (Å²) >= 11 is 5.17. The van der Waals surface area contributed by atoms with Gasteiger partial charge in [0.1, 0.15) is 11.4 Å². The van der Waals surface area contributed by atoms with Crippen LogP contribution >= 0.6 is 12.2 Å². The van der Waals surface area contributed by atoms with Gasteiger partial charge in [0.2, 0.25) is 0 Å². The lowest BCUT2D eigenvalue weighted by Crippen LogP contribution is -2.44. The van der Waals surface area contributed by atoms with Crippen LogP contribution in [0.1, 0.15) is 10.4 Å². The highest BCUT2D eigenvalue weighted by molar-refractivity contribution is 7.80. The van der Waals surface area contributed by atoms with Gasteiger partial charge in [0.25, 0.3) is 5.91 Å². The lowest BCUT2D eigenvalue weighted by molar-refractivity contribution is -0.138. The minimum absolute atomic E-state index is 0.148. The van der Waals surface area contributed by atoms with Crippen LogP contribution in [0.15, 0.2) is 60.3 Å². The van der Waals surface area contributed by atoms with Gasteiger partial charge in [0.15, 0.2) is 5.11 Å². The number of ether oxygens (including phenoxy) is 3. The van der Waals surface area contributed by atoms with Crippen LogP contribution in [0, 0.1) is 0 Å². The monoisotopic (exact) mass is 458 g/mol. The number of esters is 2. The third-order valence-corrected chi connectivity index (χ3v) is 4.15. The number of nitrogens with one attached hydrogen (secondary N) is 4. The first-order valence-electron chi connectivity index (χ1n) is 9.13. The Bertz CT molecular complexity index is 1020. The zero-order valence-electron chi connectivity index (χ0n) is 17.6. The summed E-state index contributed by atoms with van der Waals surface area (Å²) in [6.45, 7) is 0. The zero-order valence-corrected chi connectivity index (χ0v) is 18.4. The van der Waals surface area contributed by atoms with E-state index in [1.807, 2.05) is 0 Å². The van der Waals surface area contributed by atoms with Gasteiger partial charge in [0.05, 0.1) is 38.7 Å². The summed E-state index contributed by atoms with van der Waals surface area (Å²) in [6.07, 6.45) is 0.923. The fraction of sp³-hybridized carbons (Fsp3) is 0.143. The standard InChI is InChI=1S/C21H22N4O6S/c1-29-14-10-8-13(9-11-14)22-21(32)25-24-19(27)15-6-4-5-7-16(15)23-17(20(28)31-3)12-18(26)30-2/h4-12,23H,1-3H3,(H,24,27)(H2,22,25,32)/b17-12+. The number of carbonyl (C=O) groups is 3. The maximum Gasteiger partial charge on any atom is 0.354 e. The van der Waals surface area contributed by atoms with Crippen LogP contribution in [0.4, 0.5) is 11.4 Å². The summed E-state index contributed by atoms with van der Waals surface area (Å²) < 4.78 is 14.3. The molecule has 1 amide bonds. The van der Waals surface area contributed by atoms with Crippen LogP contribution in [0.2, 0.25) is 0 Å². The second-order valence-corrected chi connectivity index (χ2v) is 6.41. The highest BCUT2D eigenvalue weighted by Crippen LogP contribution is 2.18. The molecule has 0 spiro atoms. The molecule has 11 heteroatoms. The Morgan fingerprint density at radius 1 is 0.875 bits per heavy atom. The van der Waals surface area contributed by atoms with Gasteiger partial charge in [-0.1, -0.05) is 12.1 Å². The molecule has 168 valence electrons. The number of carbonyl (C=O) groups excluding carboxylic acids is 3. The van der Waals surface area contributed by atoms with Crippen molar-refractivity contribution in [3.8, 4) is 5.75 Å². The Labute approximate surface area is 189 Å². The summed E-state index contributed by atoms with van der Waals surface area (Å²) in [5.41, 5.74) is 5.97. The van der Waals surface area contributed by atoms with Gasteiger partial charge in [-0.3, -0.25) is 15.6 Å². The SMILES string of the molecule is COC(=O)/C=C(/Nc1ccccc1C(=O)NNC(=S)Nc1ccc(OC)cc1)C(=O)OC. The quantitative estimate of drug-likeness (QED) is 0.212. The van der Waals surface area contributed by atoms with Crippen molar-refractivity contribution in [2.24, 2.45) is 0 Å². The number of anilines is 2. The average Bonchev–Trinajstić information content (AvgIpc) is 2.82. The van der Waals surface area contributed by atoms with Crippen LogP contribution in [0.3, 0.4) is 0 Å². The molecule has 0 saturated heterocycles. The second kappa shape index (κ2) is 11.9. The molecule has 4 N–H and O–H groups in total. The summed E-state index contributed by atoms with van der Waals surface area (Å²) in [7, 11) is 3.90. The van der Waals surface area contributed by atoms with Crippen molar-refractivity contribution in [3.05, 3.63) is 65.9 Å². The molecule has 0 aliphatic rings. The molecule has 2 aromatic carbocycles. The van der Waals surface area contributed by atoms with Gasteiger partial charge >= 0.3 is 11.9 Å². The maximum atomic E-state index is 12.7. The Morgan fingerprint density at radius 3 is 2.19 bits per heavy atom. The molecule has 0 bridgehead atoms. The van der Waals surface area contributed by atoms with Crippen LogP contribution in [0.25, 0.3) is 0 Å². The van der Waals surface area contributed by atoms with Gasteiger partial charge in [-0.2, -0.15) is 0 Å². The molecule has 0 aromatic heterocycles. The first kappa shape index (κ1) is 24.2. The number of para-hydroxylation sites is 1. The molecular formula is C21H22N4O6S. The van der Waals surface area contributed by atoms with E-state index in [1.54, 1.807) is 49.6 Å². The number of hydrazine groups is 1. The Hall–Kier alpha value is -4.12. The smallest absolute Gasteiger partial charge is 0.354 e. The van der Waals surface area contributed by atoms with Gasteiger partial charge < -0.3 is 24.8 Å². The first-order chi connectivity index (χ1) is 15.4. The number of methoxy groups -OCH3 is 3. The van der Waals surface area contributed by atoms with Crippen molar-refractivity contribution in [1.82, 2.24) is 10.9 Å². The number of benzene rings is 2. The van der Waals surface area contributed by atoms with E-state index >= 15 is 0 Å². The van der Waals surface area contributed by atoms with E-state index in [1.165, 1.54) is 13.2 Å². The van der Waals surface area contributed by atoms with Crippen molar-refractivity contribution in [1.29, 1.82) is 0 Å². The highest BCUT2D eigenvalue weighted by Gasteiger charge is 2.17. The van der Waals surface area contributed by atoms with E-state index < -0.39 is 17.8 Å². The Kier molecular flexibility index (Phi) is 8.99. The molecule has 0 aliphatic heterocycles. The third kappa shape index (κ3) is 6.99. The lowest BCUT2D eigenvalue weighted by Gasteiger charge is -2.15. The van der Waals surface area contributed by atoms with E-state index in [0.29, 0.717) is 11.4 Å². The van der Waals surface area contributed by atoms with Crippen molar-refractivity contribution in [2.45, 2.75) is 0 Å². The summed E-state index contributed by atoms with van der Waals surface area (Å²) in [4.78, 5) is 36.2. The molecule has 0 saturated carbocycles. The van der Waals surface area contributed by atoms with Crippen LogP contribution in [0.5, 0.6) is 5.75 Å². The predicted molar refractivity (Wildman–Crippen MR) is 122 cm³/mol. The second-order valence-electron chi connectivity index (χ2n) is 6.01. The molecule has 2 aromatic rings. The number of hydrogen-bond acceptors (Lipinski definition) is 8.